The molecule has 2 atom stereocenters. The first-order chi connectivity index (χ1) is 16.4. The minimum atomic E-state index is -0.881. The second-order valence-electron chi connectivity index (χ2n) is 8.79. The number of carbonyl (C=O) groups excluding carboxylic acids is 3. The van der Waals surface area contributed by atoms with Crippen LogP contribution in [0.2, 0.25) is 0 Å². The lowest BCUT2D eigenvalue weighted by Gasteiger charge is -2.26. The van der Waals surface area contributed by atoms with Crippen molar-refractivity contribution in [2.75, 3.05) is 13.2 Å². The molecule has 34 heavy (non-hydrogen) atoms. The molecule has 0 radical (unpaired) electrons. The number of hydrogen-bond acceptors (Lipinski definition) is 5. The lowest BCUT2D eigenvalue weighted by atomic mass is 10.0. The maximum atomic E-state index is 13.1. The summed E-state index contributed by atoms with van der Waals surface area (Å²) >= 11 is 0. The Morgan fingerprint density at radius 3 is 2.35 bits per heavy atom. The van der Waals surface area contributed by atoms with Crippen molar-refractivity contribution in [2.24, 2.45) is 5.92 Å². The summed E-state index contributed by atoms with van der Waals surface area (Å²) in [6, 6.07) is 18.6. The maximum Gasteiger partial charge on any atom is 0.251 e. The molecule has 0 saturated heterocycles. The fraction of sp³-hybridized carbons (Fsp3) is 0.296. The molecule has 1 heterocycles. The van der Waals surface area contributed by atoms with E-state index in [1.807, 2.05) is 44.2 Å². The van der Waals surface area contributed by atoms with Crippen LogP contribution < -0.4 is 20.1 Å². The van der Waals surface area contributed by atoms with E-state index in [0.717, 1.165) is 10.8 Å². The Morgan fingerprint density at radius 2 is 1.62 bits per heavy atom. The van der Waals surface area contributed by atoms with Crippen molar-refractivity contribution in [2.45, 2.75) is 32.4 Å². The average Bonchev–Trinajstić information content (AvgIpc) is 2.83. The Labute approximate surface area is 198 Å². The molecule has 2 amide bonds. The molecular formula is C27H28N2O5. The van der Waals surface area contributed by atoms with Crippen LogP contribution in [0, 0.1) is 5.92 Å². The number of Topliss-reactive ketones (excluding diaryl/α,β-unsaturated/α-hetero) is 1. The molecule has 7 nitrogen and oxygen atoms in total. The zero-order valence-electron chi connectivity index (χ0n) is 19.2. The molecule has 0 saturated carbocycles. The molecule has 1 aliphatic rings. The van der Waals surface area contributed by atoms with Crippen LogP contribution >= 0.6 is 0 Å². The van der Waals surface area contributed by atoms with Gasteiger partial charge in [-0.1, -0.05) is 56.3 Å². The van der Waals surface area contributed by atoms with Gasteiger partial charge in [-0.25, -0.2) is 0 Å². The molecular weight excluding hydrogens is 432 g/mol. The van der Waals surface area contributed by atoms with E-state index in [2.05, 4.69) is 10.6 Å². The molecule has 4 rings (SSSR count). The van der Waals surface area contributed by atoms with Gasteiger partial charge in [0.05, 0.1) is 0 Å². The molecule has 0 aliphatic carbocycles. The summed E-state index contributed by atoms with van der Waals surface area (Å²) in [6.45, 7) is 3.75. The molecule has 176 valence electrons. The number of rotatable bonds is 6. The van der Waals surface area contributed by atoms with E-state index in [1.54, 1.807) is 36.4 Å². The van der Waals surface area contributed by atoms with E-state index >= 15 is 0 Å². The van der Waals surface area contributed by atoms with Gasteiger partial charge in [-0.05, 0) is 47.4 Å². The number of amides is 2. The Balaban J connectivity index is 1.46. The van der Waals surface area contributed by atoms with Gasteiger partial charge in [0.2, 0.25) is 5.91 Å². The van der Waals surface area contributed by atoms with Crippen LogP contribution in [0.5, 0.6) is 11.5 Å². The van der Waals surface area contributed by atoms with Gasteiger partial charge in [-0.3, -0.25) is 14.4 Å². The summed E-state index contributed by atoms with van der Waals surface area (Å²) in [6.07, 6.45) is 0.423. The van der Waals surface area contributed by atoms with Crippen molar-refractivity contribution in [1.29, 1.82) is 0 Å². The monoisotopic (exact) mass is 460 g/mol. The van der Waals surface area contributed by atoms with Crippen LogP contribution in [0.15, 0.2) is 66.7 Å². The van der Waals surface area contributed by atoms with E-state index < -0.39 is 18.0 Å². The molecule has 7 heteroatoms. The number of hydrogen-bond donors (Lipinski definition) is 2. The summed E-state index contributed by atoms with van der Waals surface area (Å²) < 4.78 is 11.3. The smallest absolute Gasteiger partial charge is 0.251 e. The van der Waals surface area contributed by atoms with Gasteiger partial charge in [0.15, 0.2) is 17.3 Å². The molecule has 0 aromatic heterocycles. The van der Waals surface area contributed by atoms with Crippen LogP contribution in [-0.2, 0) is 9.59 Å². The van der Waals surface area contributed by atoms with Gasteiger partial charge >= 0.3 is 0 Å². The van der Waals surface area contributed by atoms with Crippen LogP contribution in [0.3, 0.4) is 0 Å². The highest BCUT2D eigenvalue weighted by molar-refractivity contribution is 6.01. The number of carbonyl (C=O) groups is 3. The lowest BCUT2D eigenvalue weighted by molar-refractivity contribution is -0.131. The van der Waals surface area contributed by atoms with Crippen LogP contribution in [0.25, 0.3) is 10.8 Å². The number of para-hydroxylation sites is 2. The minimum absolute atomic E-state index is 0.0159. The van der Waals surface area contributed by atoms with Crippen molar-refractivity contribution < 1.29 is 23.9 Å². The normalized spacial score (nSPS) is 16.4. The minimum Gasteiger partial charge on any atom is -0.487 e. The molecule has 1 aliphatic heterocycles. The van der Waals surface area contributed by atoms with Gasteiger partial charge in [-0.15, -0.1) is 0 Å². The molecule has 1 unspecified atom stereocenters. The van der Waals surface area contributed by atoms with Crippen LogP contribution in [0.1, 0.15) is 30.6 Å². The van der Waals surface area contributed by atoms with Gasteiger partial charge in [-0.2, -0.15) is 0 Å². The molecule has 0 bridgehead atoms. The number of nitrogens with one attached hydrogen (secondary N) is 2. The van der Waals surface area contributed by atoms with Crippen LogP contribution in [0.4, 0.5) is 0 Å². The first kappa shape index (κ1) is 23.3. The summed E-state index contributed by atoms with van der Waals surface area (Å²) in [5.41, 5.74) is 0.468. The summed E-state index contributed by atoms with van der Waals surface area (Å²) in [5.74, 6) is 0.0698. The van der Waals surface area contributed by atoms with Crippen molar-refractivity contribution in [3.05, 3.63) is 72.3 Å². The highest BCUT2D eigenvalue weighted by Crippen LogP contribution is 2.27. The number of fused-ring (bicyclic) bond motifs is 2. The third-order valence-electron chi connectivity index (χ3n) is 5.67. The molecule has 2 N–H and O–H groups in total. The molecule has 3 aromatic rings. The second kappa shape index (κ2) is 10.4. The van der Waals surface area contributed by atoms with Crippen molar-refractivity contribution in [3.8, 4) is 11.5 Å². The number of benzene rings is 3. The Hall–Kier alpha value is -3.87. The predicted molar refractivity (Wildman–Crippen MR) is 129 cm³/mol. The Morgan fingerprint density at radius 1 is 0.941 bits per heavy atom. The van der Waals surface area contributed by atoms with E-state index in [4.69, 9.17) is 9.47 Å². The number of ketones is 1. The van der Waals surface area contributed by atoms with Crippen molar-refractivity contribution in [3.63, 3.8) is 0 Å². The third-order valence-corrected chi connectivity index (χ3v) is 5.67. The standard InChI is InChI=1S/C27H28N2O5/c1-17(2)13-21(28-26(31)20-12-11-18-7-3-4-8-19(18)14-20)27(32)29-22-15-33-24-9-5-6-10-25(24)34-16-23(22)30/h3-12,14,17,21-22H,13,15-16H2,1-2H3,(H,28,31)(H,29,32)/t21-,22?/m0/s1. The van der Waals surface area contributed by atoms with E-state index in [-0.39, 0.29) is 30.8 Å². The zero-order chi connectivity index (χ0) is 24.1. The second-order valence-corrected chi connectivity index (χ2v) is 8.79. The largest absolute Gasteiger partial charge is 0.487 e. The van der Waals surface area contributed by atoms with Crippen LogP contribution in [-0.4, -0.2) is 42.9 Å². The van der Waals surface area contributed by atoms with Gasteiger partial charge in [0.1, 0.15) is 25.3 Å². The van der Waals surface area contributed by atoms with E-state index in [0.29, 0.717) is 23.5 Å². The highest BCUT2D eigenvalue weighted by Gasteiger charge is 2.29. The fourth-order valence-electron chi connectivity index (χ4n) is 3.87. The Bertz CT molecular complexity index is 1210. The van der Waals surface area contributed by atoms with E-state index in [1.165, 1.54) is 0 Å². The van der Waals surface area contributed by atoms with Crippen molar-refractivity contribution >= 4 is 28.4 Å². The summed E-state index contributed by atoms with van der Waals surface area (Å²) in [7, 11) is 0. The van der Waals surface area contributed by atoms with Gasteiger partial charge in [0, 0.05) is 5.56 Å². The van der Waals surface area contributed by atoms with Gasteiger partial charge < -0.3 is 20.1 Å². The predicted octanol–water partition coefficient (Wildman–Crippen LogP) is 3.51. The van der Waals surface area contributed by atoms with Crippen molar-refractivity contribution in [1.82, 2.24) is 10.6 Å². The third kappa shape index (κ3) is 5.54. The SMILES string of the molecule is CC(C)C[C@H](NC(=O)c1ccc2ccccc2c1)C(=O)NC1COc2ccccc2OCC1=O. The average molecular weight is 461 g/mol. The fourth-order valence-corrected chi connectivity index (χ4v) is 3.87. The molecule has 0 fully saturated rings. The highest BCUT2D eigenvalue weighted by atomic mass is 16.5. The van der Waals surface area contributed by atoms with E-state index in [9.17, 15) is 14.4 Å². The lowest BCUT2D eigenvalue weighted by Crippen LogP contribution is -2.54. The summed E-state index contributed by atoms with van der Waals surface area (Å²) in [4.78, 5) is 38.7. The molecule has 0 spiro atoms. The first-order valence-electron chi connectivity index (χ1n) is 11.4. The first-order valence-corrected chi connectivity index (χ1v) is 11.4. The molecule has 3 aromatic carbocycles. The Kier molecular flexibility index (Phi) is 7.11. The summed E-state index contributed by atoms with van der Waals surface area (Å²) in [5, 5.41) is 7.57. The van der Waals surface area contributed by atoms with Gasteiger partial charge in [0.25, 0.3) is 5.91 Å². The zero-order valence-corrected chi connectivity index (χ0v) is 19.2. The maximum absolute atomic E-state index is 13.1. The topological polar surface area (TPSA) is 93.7 Å². The quantitative estimate of drug-likeness (QED) is 0.587. The number of ether oxygens (including phenoxy) is 2.